The van der Waals surface area contributed by atoms with Gasteiger partial charge in [0, 0.05) is 31.6 Å². The standard InChI is InChI=1S/C24H30ClN7O4S/c1-5-16-9-6-7-11-19(16)32-23(18-10-8-12-20(28-18)35-3)29-30-24(32)31-37(33,34)15(2)21(36-4)22-26-13-17(25)14-27-22/h5,8,10,12-16,19,21H,1,6-7,9,11H2,2-4H3,(H,30,31)/t15-,16+,19-,21-/m0/s1. The van der Waals surface area contributed by atoms with Gasteiger partial charge >= 0.3 is 0 Å². The summed E-state index contributed by atoms with van der Waals surface area (Å²) in [6.07, 6.45) is 7.55. The molecule has 1 N–H and O–H groups in total. The third kappa shape index (κ3) is 5.76. The molecule has 0 saturated heterocycles. The van der Waals surface area contributed by atoms with Crippen molar-refractivity contribution >= 4 is 27.6 Å². The van der Waals surface area contributed by atoms with Crippen LogP contribution in [0.15, 0.2) is 43.2 Å². The van der Waals surface area contributed by atoms with Crippen molar-refractivity contribution in [3.05, 3.63) is 54.1 Å². The highest BCUT2D eigenvalue weighted by Gasteiger charge is 2.36. The van der Waals surface area contributed by atoms with E-state index in [0.29, 0.717) is 22.4 Å². The Morgan fingerprint density at radius 2 is 1.92 bits per heavy atom. The number of hydrogen-bond acceptors (Lipinski definition) is 9. The minimum absolute atomic E-state index is 0.0945. The van der Waals surface area contributed by atoms with Crippen molar-refractivity contribution in [3.8, 4) is 17.4 Å². The van der Waals surface area contributed by atoms with Gasteiger partial charge in [-0.25, -0.2) is 23.4 Å². The van der Waals surface area contributed by atoms with Gasteiger partial charge in [-0.1, -0.05) is 36.6 Å². The first-order chi connectivity index (χ1) is 17.8. The Hall–Kier alpha value is -3.09. The van der Waals surface area contributed by atoms with E-state index in [0.717, 1.165) is 25.7 Å². The number of anilines is 1. The minimum Gasteiger partial charge on any atom is -0.481 e. The lowest BCUT2D eigenvalue weighted by molar-refractivity contribution is 0.0950. The summed E-state index contributed by atoms with van der Waals surface area (Å²) in [6, 6.07) is 5.21. The van der Waals surface area contributed by atoms with E-state index in [1.54, 1.807) is 18.2 Å². The van der Waals surface area contributed by atoms with Gasteiger partial charge in [0.15, 0.2) is 11.6 Å². The van der Waals surface area contributed by atoms with Crippen LogP contribution >= 0.6 is 11.6 Å². The van der Waals surface area contributed by atoms with Gasteiger partial charge in [0.25, 0.3) is 0 Å². The number of methoxy groups -OCH3 is 2. The smallest absolute Gasteiger partial charge is 0.240 e. The molecule has 13 heteroatoms. The van der Waals surface area contributed by atoms with Crippen LogP contribution in [0.3, 0.4) is 0 Å². The molecule has 3 aromatic rings. The summed E-state index contributed by atoms with van der Waals surface area (Å²) in [4.78, 5) is 12.8. The van der Waals surface area contributed by atoms with Crippen LogP contribution in [0.5, 0.6) is 5.88 Å². The summed E-state index contributed by atoms with van der Waals surface area (Å²) in [5.74, 6) is 1.26. The number of nitrogens with zero attached hydrogens (tertiary/aromatic N) is 6. The number of sulfonamides is 1. The number of rotatable bonds is 10. The molecule has 0 aromatic carbocycles. The lowest BCUT2D eigenvalue weighted by Crippen LogP contribution is -2.34. The van der Waals surface area contributed by atoms with Crippen molar-refractivity contribution in [3.63, 3.8) is 0 Å². The lowest BCUT2D eigenvalue weighted by Gasteiger charge is -2.32. The maximum atomic E-state index is 13.6. The molecule has 198 valence electrons. The number of pyridine rings is 1. The van der Waals surface area contributed by atoms with E-state index < -0.39 is 21.4 Å². The highest BCUT2D eigenvalue weighted by molar-refractivity contribution is 7.93. The molecule has 0 bridgehead atoms. The predicted molar refractivity (Wildman–Crippen MR) is 140 cm³/mol. The summed E-state index contributed by atoms with van der Waals surface area (Å²) in [7, 11) is -1.10. The molecule has 0 radical (unpaired) electrons. The van der Waals surface area contributed by atoms with Gasteiger partial charge in [0.1, 0.15) is 17.0 Å². The molecule has 0 unspecified atom stereocenters. The van der Waals surface area contributed by atoms with E-state index in [9.17, 15) is 8.42 Å². The van der Waals surface area contributed by atoms with Crippen molar-refractivity contribution in [2.75, 3.05) is 18.9 Å². The van der Waals surface area contributed by atoms with Crippen LogP contribution in [-0.4, -0.2) is 57.6 Å². The minimum atomic E-state index is -4.03. The fourth-order valence-electron chi connectivity index (χ4n) is 4.60. The summed E-state index contributed by atoms with van der Waals surface area (Å²) < 4.78 is 42.4. The average Bonchev–Trinajstić information content (AvgIpc) is 3.32. The van der Waals surface area contributed by atoms with Gasteiger partial charge < -0.3 is 9.47 Å². The molecule has 0 aliphatic heterocycles. The summed E-state index contributed by atoms with van der Waals surface area (Å²) in [5.41, 5.74) is 0.517. The zero-order valence-corrected chi connectivity index (χ0v) is 22.5. The fraction of sp³-hybridized carbons (Fsp3) is 0.458. The summed E-state index contributed by atoms with van der Waals surface area (Å²) in [6.45, 7) is 5.53. The van der Waals surface area contributed by atoms with E-state index in [2.05, 4.69) is 36.5 Å². The van der Waals surface area contributed by atoms with Crippen LogP contribution in [0.25, 0.3) is 11.5 Å². The fourth-order valence-corrected chi connectivity index (χ4v) is 5.83. The van der Waals surface area contributed by atoms with E-state index in [1.807, 2.05) is 10.6 Å². The topological polar surface area (TPSA) is 134 Å². The van der Waals surface area contributed by atoms with E-state index in [-0.39, 0.29) is 23.7 Å². The number of ether oxygens (including phenoxy) is 2. The monoisotopic (exact) mass is 547 g/mol. The first-order valence-corrected chi connectivity index (χ1v) is 13.8. The Kier molecular flexibility index (Phi) is 8.40. The zero-order chi connectivity index (χ0) is 26.6. The van der Waals surface area contributed by atoms with Gasteiger partial charge in [-0.3, -0.25) is 9.29 Å². The average molecular weight is 548 g/mol. The van der Waals surface area contributed by atoms with Crippen molar-refractivity contribution < 1.29 is 17.9 Å². The third-order valence-electron chi connectivity index (χ3n) is 6.57. The number of nitrogens with one attached hydrogen (secondary N) is 1. The van der Waals surface area contributed by atoms with Crippen LogP contribution in [0.2, 0.25) is 5.02 Å². The van der Waals surface area contributed by atoms with E-state index >= 15 is 0 Å². The number of allylic oxidation sites excluding steroid dienone is 1. The Labute approximate surface area is 221 Å². The van der Waals surface area contributed by atoms with Crippen molar-refractivity contribution in [2.24, 2.45) is 5.92 Å². The Balaban J connectivity index is 1.74. The first kappa shape index (κ1) is 27.0. The van der Waals surface area contributed by atoms with Gasteiger partial charge in [0.2, 0.25) is 21.9 Å². The Morgan fingerprint density at radius 3 is 2.59 bits per heavy atom. The highest BCUT2D eigenvalue weighted by atomic mass is 35.5. The molecule has 37 heavy (non-hydrogen) atoms. The molecule has 4 atom stereocenters. The molecule has 11 nitrogen and oxygen atoms in total. The molecular weight excluding hydrogens is 518 g/mol. The molecule has 4 rings (SSSR count). The lowest BCUT2D eigenvalue weighted by atomic mass is 9.84. The second kappa shape index (κ2) is 11.5. The Morgan fingerprint density at radius 1 is 1.19 bits per heavy atom. The van der Waals surface area contributed by atoms with Gasteiger partial charge in [-0.05, 0) is 31.7 Å². The summed E-state index contributed by atoms with van der Waals surface area (Å²) in [5, 5.41) is 7.86. The maximum absolute atomic E-state index is 13.6. The van der Waals surface area contributed by atoms with Crippen molar-refractivity contribution in [1.82, 2.24) is 29.7 Å². The molecule has 3 heterocycles. The number of hydrogen-bond donors (Lipinski definition) is 1. The molecule has 1 saturated carbocycles. The van der Waals surface area contributed by atoms with Crippen LogP contribution in [0, 0.1) is 5.92 Å². The second-order valence-electron chi connectivity index (χ2n) is 8.80. The number of halogens is 1. The zero-order valence-electron chi connectivity index (χ0n) is 20.9. The van der Waals surface area contributed by atoms with E-state index in [4.69, 9.17) is 21.1 Å². The first-order valence-electron chi connectivity index (χ1n) is 11.9. The van der Waals surface area contributed by atoms with Crippen LogP contribution in [0.1, 0.15) is 50.6 Å². The third-order valence-corrected chi connectivity index (χ3v) is 8.46. The van der Waals surface area contributed by atoms with E-state index in [1.165, 1.54) is 33.5 Å². The molecular formula is C24H30ClN7O4S. The molecule has 1 aliphatic rings. The van der Waals surface area contributed by atoms with Gasteiger partial charge in [-0.15, -0.1) is 16.8 Å². The molecule has 3 aromatic heterocycles. The normalized spacial score (nSPS) is 19.7. The molecule has 1 aliphatic carbocycles. The van der Waals surface area contributed by atoms with Gasteiger partial charge in [-0.2, -0.15) is 0 Å². The summed E-state index contributed by atoms with van der Waals surface area (Å²) >= 11 is 5.89. The van der Waals surface area contributed by atoms with Gasteiger partial charge in [0.05, 0.1) is 12.1 Å². The molecule has 0 spiro atoms. The highest BCUT2D eigenvalue weighted by Crippen LogP contribution is 2.39. The SMILES string of the molecule is C=C[C@@H]1CCCC[C@@H]1n1c(NS(=O)(=O)[C@@H](C)[C@H](OC)c2ncc(Cl)cn2)nnc1-c1cccc(OC)n1. The molecule has 0 amide bonds. The number of aromatic nitrogens is 6. The van der Waals surface area contributed by atoms with Crippen LogP contribution < -0.4 is 9.46 Å². The van der Waals surface area contributed by atoms with Crippen LogP contribution in [-0.2, 0) is 14.8 Å². The van der Waals surface area contributed by atoms with Crippen molar-refractivity contribution in [2.45, 2.75) is 50.0 Å². The van der Waals surface area contributed by atoms with Crippen LogP contribution in [0.4, 0.5) is 5.95 Å². The maximum Gasteiger partial charge on any atom is 0.240 e. The predicted octanol–water partition coefficient (Wildman–Crippen LogP) is 4.23. The quantitative estimate of drug-likeness (QED) is 0.370. The largest absolute Gasteiger partial charge is 0.481 e. The molecule has 1 fully saturated rings. The second-order valence-corrected chi connectivity index (χ2v) is 11.3. The van der Waals surface area contributed by atoms with Crippen molar-refractivity contribution in [1.29, 1.82) is 0 Å². The Bertz CT molecular complexity index is 1330.